The molecule has 0 spiro atoms. The minimum atomic E-state index is -4.50. The second-order valence-corrected chi connectivity index (χ2v) is 8.91. The largest absolute Gasteiger partial charge is 0.416 e. The van der Waals surface area contributed by atoms with Gasteiger partial charge < -0.3 is 15.0 Å². The zero-order chi connectivity index (χ0) is 24.8. The molecule has 0 radical (unpaired) electrons. The zero-order valence-corrected chi connectivity index (χ0v) is 19.5. The van der Waals surface area contributed by atoms with E-state index in [1.165, 1.54) is 18.2 Å². The van der Waals surface area contributed by atoms with Crippen molar-refractivity contribution >= 4 is 17.3 Å². The molecule has 10 heteroatoms. The highest BCUT2D eigenvalue weighted by Crippen LogP contribution is 2.35. The molecular weight excluding hydrogens is 464 g/mol. The van der Waals surface area contributed by atoms with E-state index in [1.807, 2.05) is 9.80 Å². The minimum absolute atomic E-state index is 0.100. The van der Waals surface area contributed by atoms with Gasteiger partial charge in [-0.15, -0.1) is 0 Å². The fraction of sp³-hybridized carbons (Fsp3) is 0.480. The highest BCUT2D eigenvalue weighted by Gasteiger charge is 2.32. The Hall–Kier alpha value is -2.69. The van der Waals surface area contributed by atoms with E-state index < -0.39 is 11.7 Å². The minimum Gasteiger partial charge on any atom is -0.378 e. The second kappa shape index (κ2) is 11.4. The van der Waals surface area contributed by atoms with Gasteiger partial charge in [0.1, 0.15) is 5.82 Å². The van der Waals surface area contributed by atoms with Crippen LogP contribution in [0.2, 0.25) is 0 Å². The van der Waals surface area contributed by atoms with E-state index in [-0.39, 0.29) is 24.0 Å². The van der Waals surface area contributed by atoms with E-state index in [2.05, 4.69) is 10.2 Å². The number of carbonyl (C=O) groups is 1. The molecule has 2 aliphatic heterocycles. The van der Waals surface area contributed by atoms with Gasteiger partial charge in [-0.05, 0) is 55.4 Å². The number of anilines is 2. The van der Waals surface area contributed by atoms with Crippen LogP contribution in [-0.4, -0.2) is 74.7 Å². The number of halogens is 4. The van der Waals surface area contributed by atoms with Gasteiger partial charge in [-0.25, -0.2) is 4.39 Å². The van der Waals surface area contributed by atoms with Crippen molar-refractivity contribution in [2.45, 2.75) is 19.1 Å². The zero-order valence-electron chi connectivity index (χ0n) is 19.5. The lowest BCUT2D eigenvalue weighted by atomic mass is 10.1. The van der Waals surface area contributed by atoms with Gasteiger partial charge in [0.05, 0.1) is 36.7 Å². The molecule has 0 bridgehead atoms. The molecule has 1 amide bonds. The molecule has 0 aliphatic carbocycles. The second-order valence-electron chi connectivity index (χ2n) is 8.91. The van der Waals surface area contributed by atoms with Crippen LogP contribution in [0.1, 0.15) is 17.5 Å². The fourth-order valence-electron chi connectivity index (χ4n) is 4.47. The number of amides is 1. The predicted molar refractivity (Wildman–Crippen MR) is 126 cm³/mol. The molecule has 2 aromatic carbocycles. The third-order valence-corrected chi connectivity index (χ3v) is 6.32. The van der Waals surface area contributed by atoms with E-state index in [9.17, 15) is 22.4 Å². The van der Waals surface area contributed by atoms with Crippen molar-refractivity contribution in [3.63, 3.8) is 0 Å². The number of hydrogen-bond acceptors (Lipinski definition) is 5. The Morgan fingerprint density at radius 2 is 1.60 bits per heavy atom. The average Bonchev–Trinajstić information content (AvgIpc) is 3.05. The third kappa shape index (κ3) is 7.16. The summed E-state index contributed by atoms with van der Waals surface area (Å²) < 4.78 is 58.5. The Labute approximate surface area is 202 Å². The molecule has 0 aromatic heterocycles. The standard InChI is InChI=1S/C25H30F4N4O2/c26-21-5-2-19(3-6-21)17-31-8-1-9-32(11-10-31)18-24(34)30-22-16-20(25(27,28)29)4-7-23(22)33-12-14-35-15-13-33/h2-7,16H,1,8-15,17-18H2,(H,30,34). The highest BCUT2D eigenvalue weighted by molar-refractivity contribution is 5.95. The summed E-state index contributed by atoms with van der Waals surface area (Å²) in [5, 5.41) is 2.73. The van der Waals surface area contributed by atoms with E-state index in [1.54, 1.807) is 12.1 Å². The van der Waals surface area contributed by atoms with Crippen LogP contribution in [0.5, 0.6) is 0 Å². The molecule has 0 atom stereocenters. The van der Waals surface area contributed by atoms with Gasteiger partial charge in [0.25, 0.3) is 0 Å². The Balaban J connectivity index is 1.37. The molecule has 0 unspecified atom stereocenters. The quantitative estimate of drug-likeness (QED) is 0.619. The Kier molecular flexibility index (Phi) is 8.25. The normalized spacial score (nSPS) is 18.3. The molecule has 2 heterocycles. The van der Waals surface area contributed by atoms with E-state index in [0.717, 1.165) is 37.2 Å². The smallest absolute Gasteiger partial charge is 0.378 e. The van der Waals surface area contributed by atoms with Gasteiger partial charge in [0.15, 0.2) is 0 Å². The lowest BCUT2D eigenvalue weighted by Gasteiger charge is -2.31. The van der Waals surface area contributed by atoms with Crippen LogP contribution in [0.3, 0.4) is 0 Å². The van der Waals surface area contributed by atoms with E-state index in [0.29, 0.717) is 51.6 Å². The maximum absolute atomic E-state index is 13.3. The van der Waals surface area contributed by atoms with Crippen LogP contribution in [0.15, 0.2) is 42.5 Å². The van der Waals surface area contributed by atoms with Gasteiger partial charge >= 0.3 is 6.18 Å². The monoisotopic (exact) mass is 494 g/mol. The maximum Gasteiger partial charge on any atom is 0.416 e. The van der Waals surface area contributed by atoms with Gasteiger partial charge in [-0.2, -0.15) is 13.2 Å². The van der Waals surface area contributed by atoms with Gasteiger partial charge in [0.2, 0.25) is 5.91 Å². The topological polar surface area (TPSA) is 48.1 Å². The number of hydrogen-bond donors (Lipinski definition) is 1. The molecule has 6 nitrogen and oxygen atoms in total. The first kappa shape index (κ1) is 25.4. The molecule has 35 heavy (non-hydrogen) atoms. The summed E-state index contributed by atoms with van der Waals surface area (Å²) in [5.41, 5.74) is 0.962. The Bertz CT molecular complexity index is 994. The van der Waals surface area contributed by atoms with Crippen LogP contribution in [-0.2, 0) is 22.3 Å². The number of nitrogens with zero attached hydrogens (tertiary/aromatic N) is 3. The van der Waals surface area contributed by atoms with Crippen molar-refractivity contribution in [3.8, 4) is 0 Å². The third-order valence-electron chi connectivity index (χ3n) is 6.32. The first-order chi connectivity index (χ1) is 16.8. The Morgan fingerprint density at radius 1 is 0.914 bits per heavy atom. The van der Waals surface area contributed by atoms with Crippen LogP contribution >= 0.6 is 0 Å². The first-order valence-electron chi connectivity index (χ1n) is 11.8. The number of morpholine rings is 1. The molecule has 190 valence electrons. The van der Waals surface area contributed by atoms with Crippen LogP contribution in [0, 0.1) is 5.82 Å². The summed E-state index contributed by atoms with van der Waals surface area (Å²) in [7, 11) is 0. The van der Waals surface area contributed by atoms with Crippen LogP contribution in [0.25, 0.3) is 0 Å². The molecule has 2 aromatic rings. The average molecular weight is 495 g/mol. The van der Waals surface area contributed by atoms with E-state index in [4.69, 9.17) is 4.74 Å². The lowest BCUT2D eigenvalue weighted by Crippen LogP contribution is -2.38. The van der Waals surface area contributed by atoms with Crippen molar-refractivity contribution in [1.82, 2.24) is 9.80 Å². The summed E-state index contributed by atoms with van der Waals surface area (Å²) in [5.74, 6) is -0.606. The van der Waals surface area contributed by atoms with Crippen molar-refractivity contribution < 1.29 is 27.1 Å². The molecule has 4 rings (SSSR count). The number of nitrogens with one attached hydrogen (secondary N) is 1. The van der Waals surface area contributed by atoms with Crippen LogP contribution in [0.4, 0.5) is 28.9 Å². The first-order valence-corrected chi connectivity index (χ1v) is 11.8. The molecular formula is C25H30F4N4O2. The van der Waals surface area contributed by atoms with Crippen LogP contribution < -0.4 is 10.2 Å². The Morgan fingerprint density at radius 3 is 2.31 bits per heavy atom. The lowest BCUT2D eigenvalue weighted by molar-refractivity contribution is -0.137. The van der Waals surface area contributed by atoms with Gasteiger partial charge in [-0.1, -0.05) is 12.1 Å². The van der Waals surface area contributed by atoms with Crippen molar-refractivity contribution in [3.05, 3.63) is 59.4 Å². The summed E-state index contributed by atoms with van der Waals surface area (Å²) in [4.78, 5) is 19.1. The molecule has 2 fully saturated rings. The maximum atomic E-state index is 13.3. The van der Waals surface area contributed by atoms with E-state index >= 15 is 0 Å². The van der Waals surface area contributed by atoms with Gasteiger partial charge in [-0.3, -0.25) is 14.6 Å². The number of benzene rings is 2. The number of carbonyl (C=O) groups excluding carboxylic acids is 1. The predicted octanol–water partition coefficient (Wildman–Crippen LogP) is 3.83. The fourth-order valence-corrected chi connectivity index (χ4v) is 4.47. The molecule has 0 saturated carbocycles. The summed E-state index contributed by atoms with van der Waals surface area (Å²) in [6.07, 6.45) is -3.64. The van der Waals surface area contributed by atoms with Crippen molar-refractivity contribution in [1.29, 1.82) is 0 Å². The van der Waals surface area contributed by atoms with Crippen molar-refractivity contribution in [2.24, 2.45) is 0 Å². The summed E-state index contributed by atoms with van der Waals surface area (Å²) in [6, 6.07) is 9.91. The molecule has 1 N–H and O–H groups in total. The summed E-state index contributed by atoms with van der Waals surface area (Å²) in [6.45, 7) is 5.83. The van der Waals surface area contributed by atoms with Crippen molar-refractivity contribution in [2.75, 3.05) is 69.2 Å². The number of ether oxygens (including phenoxy) is 1. The number of alkyl halides is 3. The molecule has 2 saturated heterocycles. The summed E-state index contributed by atoms with van der Waals surface area (Å²) >= 11 is 0. The van der Waals surface area contributed by atoms with Gasteiger partial charge in [0, 0.05) is 32.7 Å². The highest BCUT2D eigenvalue weighted by atomic mass is 19.4. The molecule has 2 aliphatic rings. The SMILES string of the molecule is O=C(CN1CCCN(Cc2ccc(F)cc2)CC1)Nc1cc(C(F)(F)F)ccc1N1CCOCC1. The number of rotatable bonds is 6.